The van der Waals surface area contributed by atoms with E-state index in [2.05, 4.69) is 25.1 Å². The van der Waals surface area contributed by atoms with Crippen molar-refractivity contribution in [3.05, 3.63) is 29.5 Å². The molecule has 2 aromatic rings. The third-order valence-electron chi connectivity index (χ3n) is 4.66. The molecule has 24 heavy (non-hydrogen) atoms. The van der Waals surface area contributed by atoms with Gasteiger partial charge >= 0.3 is 0 Å². The first-order chi connectivity index (χ1) is 11.7. The van der Waals surface area contributed by atoms with E-state index in [0.29, 0.717) is 18.1 Å². The minimum absolute atomic E-state index is 0.176. The van der Waals surface area contributed by atoms with Gasteiger partial charge in [-0.25, -0.2) is 4.98 Å². The molecule has 1 fully saturated rings. The number of nitrogens with one attached hydrogen (secondary N) is 1. The first kappa shape index (κ1) is 15.3. The lowest BCUT2D eigenvalue weighted by Crippen LogP contribution is -2.30. The zero-order valence-electron chi connectivity index (χ0n) is 13.7. The Kier molecular flexibility index (Phi) is 4.05. The molecule has 1 saturated heterocycles. The molecule has 0 radical (unpaired) electrons. The number of carbonyl (C=O) groups excluding carboxylic acids is 1. The SMILES string of the molecule is CC(NC(=O)c1ncoc1C1CCCO1)c1nnc2n1CCCC2. The average molecular weight is 331 g/mol. The van der Waals surface area contributed by atoms with E-state index in [0.717, 1.165) is 50.3 Å². The van der Waals surface area contributed by atoms with E-state index < -0.39 is 0 Å². The van der Waals surface area contributed by atoms with E-state index in [1.165, 1.54) is 6.39 Å². The summed E-state index contributed by atoms with van der Waals surface area (Å²) >= 11 is 0. The van der Waals surface area contributed by atoms with Gasteiger partial charge in [-0.3, -0.25) is 4.79 Å². The Bertz CT molecular complexity index is 732. The average Bonchev–Trinajstić information content (AvgIpc) is 3.33. The Labute approximate surface area is 139 Å². The van der Waals surface area contributed by atoms with Crippen molar-refractivity contribution < 1.29 is 13.9 Å². The van der Waals surface area contributed by atoms with Crippen LogP contribution in [0.5, 0.6) is 0 Å². The van der Waals surface area contributed by atoms with Gasteiger partial charge in [-0.1, -0.05) is 0 Å². The van der Waals surface area contributed by atoms with Crippen LogP contribution in [0.4, 0.5) is 0 Å². The zero-order chi connectivity index (χ0) is 16.5. The second-order valence-electron chi connectivity index (χ2n) is 6.35. The van der Waals surface area contributed by atoms with Crippen LogP contribution in [-0.4, -0.2) is 32.3 Å². The highest BCUT2D eigenvalue weighted by Crippen LogP contribution is 2.30. The largest absolute Gasteiger partial charge is 0.445 e. The Hall–Kier alpha value is -2.22. The first-order valence-corrected chi connectivity index (χ1v) is 8.52. The molecule has 2 aliphatic rings. The number of aryl methyl sites for hydroxylation is 1. The molecular weight excluding hydrogens is 310 g/mol. The highest BCUT2D eigenvalue weighted by Gasteiger charge is 2.29. The van der Waals surface area contributed by atoms with Gasteiger partial charge in [0.2, 0.25) is 0 Å². The third-order valence-corrected chi connectivity index (χ3v) is 4.66. The van der Waals surface area contributed by atoms with Crippen molar-refractivity contribution in [2.45, 2.75) is 57.7 Å². The maximum atomic E-state index is 12.6. The van der Waals surface area contributed by atoms with Crippen LogP contribution in [0.15, 0.2) is 10.8 Å². The molecule has 1 amide bonds. The molecule has 2 atom stereocenters. The third kappa shape index (κ3) is 2.71. The first-order valence-electron chi connectivity index (χ1n) is 8.52. The molecule has 1 N–H and O–H groups in total. The maximum absolute atomic E-state index is 12.6. The zero-order valence-corrected chi connectivity index (χ0v) is 13.7. The summed E-state index contributed by atoms with van der Waals surface area (Å²) in [7, 11) is 0. The fraction of sp³-hybridized carbons (Fsp3) is 0.625. The van der Waals surface area contributed by atoms with Gasteiger partial charge < -0.3 is 19.0 Å². The standard InChI is InChI=1S/C16H21N5O3/c1-10(15-20-19-12-6-2-3-7-21(12)15)18-16(22)13-14(24-9-17-13)11-5-4-8-23-11/h9-11H,2-8H2,1H3,(H,18,22). The lowest BCUT2D eigenvalue weighted by Gasteiger charge is -2.18. The highest BCUT2D eigenvalue weighted by atomic mass is 16.5. The smallest absolute Gasteiger partial charge is 0.274 e. The molecule has 0 aliphatic carbocycles. The maximum Gasteiger partial charge on any atom is 0.274 e. The van der Waals surface area contributed by atoms with Crippen LogP contribution in [0.25, 0.3) is 0 Å². The van der Waals surface area contributed by atoms with Crippen molar-refractivity contribution in [2.24, 2.45) is 0 Å². The summed E-state index contributed by atoms with van der Waals surface area (Å²) in [4.78, 5) is 16.7. The fourth-order valence-corrected chi connectivity index (χ4v) is 3.42. The molecule has 4 rings (SSSR count). The van der Waals surface area contributed by atoms with Crippen LogP contribution in [0.1, 0.15) is 72.7 Å². The number of oxazole rings is 1. The predicted octanol–water partition coefficient (Wildman–Crippen LogP) is 1.94. The number of carbonyl (C=O) groups is 1. The Morgan fingerprint density at radius 2 is 2.29 bits per heavy atom. The number of hydrogen-bond acceptors (Lipinski definition) is 6. The number of aromatic nitrogens is 4. The van der Waals surface area contributed by atoms with Crippen molar-refractivity contribution in [1.82, 2.24) is 25.1 Å². The second kappa shape index (κ2) is 6.35. The van der Waals surface area contributed by atoms with E-state index in [4.69, 9.17) is 9.15 Å². The monoisotopic (exact) mass is 331 g/mol. The summed E-state index contributed by atoms with van der Waals surface area (Å²) in [6.07, 6.45) is 6.14. The molecule has 0 saturated carbocycles. The van der Waals surface area contributed by atoms with Gasteiger partial charge in [0.15, 0.2) is 23.7 Å². The van der Waals surface area contributed by atoms with Crippen molar-refractivity contribution in [3.8, 4) is 0 Å². The Balaban J connectivity index is 1.50. The molecule has 2 unspecified atom stereocenters. The molecule has 0 aromatic carbocycles. The predicted molar refractivity (Wildman–Crippen MR) is 83.3 cm³/mol. The number of amides is 1. The second-order valence-corrected chi connectivity index (χ2v) is 6.35. The van der Waals surface area contributed by atoms with Gasteiger partial charge in [0.05, 0.1) is 6.04 Å². The normalized spacial score (nSPS) is 21.5. The minimum Gasteiger partial charge on any atom is -0.445 e. The molecule has 2 aliphatic heterocycles. The summed E-state index contributed by atoms with van der Waals surface area (Å²) in [5.41, 5.74) is 0.298. The van der Waals surface area contributed by atoms with Gasteiger partial charge in [-0.05, 0) is 32.6 Å². The topological polar surface area (TPSA) is 95.1 Å². The molecule has 4 heterocycles. The molecule has 128 valence electrons. The lowest BCUT2D eigenvalue weighted by molar-refractivity contribution is 0.0853. The number of ether oxygens (including phenoxy) is 1. The Morgan fingerprint density at radius 1 is 1.38 bits per heavy atom. The van der Waals surface area contributed by atoms with Gasteiger partial charge in [-0.15, -0.1) is 10.2 Å². The lowest BCUT2D eigenvalue weighted by atomic mass is 10.1. The van der Waals surface area contributed by atoms with E-state index in [1.807, 2.05) is 6.92 Å². The molecule has 8 heteroatoms. The van der Waals surface area contributed by atoms with Gasteiger partial charge in [0, 0.05) is 19.6 Å². The van der Waals surface area contributed by atoms with Crippen LogP contribution in [-0.2, 0) is 17.7 Å². The summed E-state index contributed by atoms with van der Waals surface area (Å²) in [6.45, 7) is 3.51. The molecule has 2 aromatic heterocycles. The van der Waals surface area contributed by atoms with E-state index in [1.54, 1.807) is 0 Å². The van der Waals surface area contributed by atoms with Crippen LogP contribution < -0.4 is 5.32 Å². The number of fused-ring (bicyclic) bond motifs is 1. The molecule has 0 bridgehead atoms. The van der Waals surface area contributed by atoms with E-state index >= 15 is 0 Å². The van der Waals surface area contributed by atoms with Crippen molar-refractivity contribution >= 4 is 5.91 Å². The van der Waals surface area contributed by atoms with Crippen molar-refractivity contribution in [2.75, 3.05) is 6.61 Å². The molecular formula is C16H21N5O3. The summed E-state index contributed by atoms with van der Waals surface area (Å²) in [5.74, 6) is 2.04. The molecule has 8 nitrogen and oxygen atoms in total. The van der Waals surface area contributed by atoms with Crippen LogP contribution >= 0.6 is 0 Å². The van der Waals surface area contributed by atoms with Crippen molar-refractivity contribution in [1.29, 1.82) is 0 Å². The highest BCUT2D eigenvalue weighted by molar-refractivity contribution is 5.93. The quantitative estimate of drug-likeness (QED) is 0.920. The van der Waals surface area contributed by atoms with E-state index in [-0.39, 0.29) is 18.1 Å². The van der Waals surface area contributed by atoms with Crippen molar-refractivity contribution in [3.63, 3.8) is 0 Å². The number of rotatable bonds is 4. The van der Waals surface area contributed by atoms with Crippen LogP contribution in [0.3, 0.4) is 0 Å². The van der Waals surface area contributed by atoms with Crippen LogP contribution in [0.2, 0.25) is 0 Å². The summed E-state index contributed by atoms with van der Waals surface area (Å²) in [5, 5.41) is 11.5. The summed E-state index contributed by atoms with van der Waals surface area (Å²) < 4.78 is 13.1. The molecule has 0 spiro atoms. The van der Waals surface area contributed by atoms with Crippen LogP contribution in [0, 0.1) is 0 Å². The van der Waals surface area contributed by atoms with Gasteiger partial charge in [-0.2, -0.15) is 0 Å². The minimum atomic E-state index is -0.269. The fourth-order valence-electron chi connectivity index (χ4n) is 3.42. The van der Waals surface area contributed by atoms with Gasteiger partial charge in [0.1, 0.15) is 11.9 Å². The van der Waals surface area contributed by atoms with E-state index in [9.17, 15) is 4.79 Å². The number of hydrogen-bond donors (Lipinski definition) is 1. The Morgan fingerprint density at radius 3 is 3.12 bits per heavy atom. The summed E-state index contributed by atoms with van der Waals surface area (Å²) in [6, 6.07) is -0.245. The van der Waals surface area contributed by atoms with Gasteiger partial charge in [0.25, 0.3) is 5.91 Å². The number of nitrogens with zero attached hydrogens (tertiary/aromatic N) is 4.